The van der Waals surface area contributed by atoms with Crippen LogP contribution >= 0.6 is 0 Å². The molecule has 180 valence electrons. The van der Waals surface area contributed by atoms with Gasteiger partial charge in [-0.05, 0) is 28.3 Å². The Bertz CT molecular complexity index is 1200. The molecule has 1 aliphatic carbocycles. The zero-order valence-corrected chi connectivity index (χ0v) is 19.6. The number of pyridine rings is 1. The van der Waals surface area contributed by atoms with Gasteiger partial charge in [0, 0.05) is 24.8 Å². The molecule has 0 radical (unpaired) electrons. The number of nitrogens with zero attached hydrogens (tertiary/aromatic N) is 2. The molecule has 3 aromatic rings. The predicted molar refractivity (Wildman–Crippen MR) is 129 cm³/mol. The molecule has 0 saturated carbocycles. The number of aromatic nitrogens is 1. The molecule has 7 nitrogen and oxygen atoms in total. The average Bonchev–Trinajstić information content (AvgIpc) is 3.20. The number of methoxy groups -OCH3 is 1. The van der Waals surface area contributed by atoms with Crippen molar-refractivity contribution in [3.8, 4) is 17.0 Å². The highest BCUT2D eigenvalue weighted by atomic mass is 16.6. The Morgan fingerprint density at radius 3 is 2.26 bits per heavy atom. The third kappa shape index (κ3) is 3.75. The van der Waals surface area contributed by atoms with Crippen LogP contribution in [0.5, 0.6) is 5.88 Å². The lowest BCUT2D eigenvalue weighted by Crippen LogP contribution is -2.62. The highest BCUT2D eigenvalue weighted by molar-refractivity contribution is 5.79. The summed E-state index contributed by atoms with van der Waals surface area (Å²) in [4.78, 5) is 19.6. The summed E-state index contributed by atoms with van der Waals surface area (Å²) in [5.74, 6) is 0.460. The minimum absolute atomic E-state index is 0.00477. The Morgan fingerprint density at radius 2 is 1.63 bits per heavy atom. The summed E-state index contributed by atoms with van der Waals surface area (Å²) < 4.78 is 16.9. The topological polar surface area (TPSA) is 81.1 Å². The van der Waals surface area contributed by atoms with Gasteiger partial charge in [0.1, 0.15) is 12.2 Å². The van der Waals surface area contributed by atoms with E-state index in [2.05, 4.69) is 29.2 Å². The van der Waals surface area contributed by atoms with Gasteiger partial charge in [0.05, 0.1) is 38.1 Å². The number of aliphatic hydroxyl groups is 1. The van der Waals surface area contributed by atoms with Gasteiger partial charge in [0.25, 0.3) is 0 Å². The number of benzene rings is 2. The molecule has 2 atom stereocenters. The quantitative estimate of drug-likeness (QED) is 0.616. The lowest BCUT2D eigenvalue weighted by molar-refractivity contribution is -0.138. The van der Waals surface area contributed by atoms with Crippen molar-refractivity contribution in [1.82, 2.24) is 9.88 Å². The van der Waals surface area contributed by atoms with Crippen LogP contribution in [0, 0.1) is 0 Å². The number of amides is 1. The number of ether oxygens (including phenoxy) is 3. The van der Waals surface area contributed by atoms with Crippen LogP contribution in [0.3, 0.4) is 0 Å². The Kier molecular flexibility index (Phi) is 5.46. The summed E-state index contributed by atoms with van der Waals surface area (Å²) in [5.41, 5.74) is 4.16. The SMILES string of the molecule is COc1cccc(C2(O)CC3COCC(C2)N3C(=O)OCC2c3ccccc3-c3ccccc32)n1. The molecule has 2 saturated heterocycles. The standard InChI is InChI=1S/C28H28N2O5/c1-33-26-12-6-11-25(29-26)28(32)13-18-15-34-16-19(14-28)30(18)27(31)35-17-24-22-9-4-2-7-20(22)21-8-3-5-10-23(21)24/h2-12,18-19,24,32H,13-17H2,1H3. The van der Waals surface area contributed by atoms with E-state index in [1.807, 2.05) is 36.4 Å². The third-order valence-electron chi connectivity index (χ3n) is 7.51. The molecule has 2 aromatic carbocycles. The number of carbonyl (C=O) groups is 1. The molecular formula is C28H28N2O5. The van der Waals surface area contributed by atoms with Crippen molar-refractivity contribution in [2.75, 3.05) is 26.9 Å². The molecule has 1 aromatic heterocycles. The molecule has 2 bridgehead atoms. The van der Waals surface area contributed by atoms with E-state index in [4.69, 9.17) is 14.2 Å². The highest BCUT2D eigenvalue weighted by Crippen LogP contribution is 2.45. The Morgan fingerprint density at radius 1 is 1.00 bits per heavy atom. The van der Waals surface area contributed by atoms with E-state index in [-0.39, 0.29) is 30.7 Å². The van der Waals surface area contributed by atoms with Crippen molar-refractivity contribution >= 4 is 6.09 Å². The van der Waals surface area contributed by atoms with Crippen LogP contribution in [-0.4, -0.2) is 60.1 Å². The zero-order chi connectivity index (χ0) is 24.0. The van der Waals surface area contributed by atoms with Crippen LogP contribution in [0.25, 0.3) is 11.1 Å². The monoisotopic (exact) mass is 472 g/mol. The van der Waals surface area contributed by atoms with E-state index >= 15 is 0 Å². The van der Waals surface area contributed by atoms with E-state index < -0.39 is 5.60 Å². The molecule has 3 aliphatic rings. The summed E-state index contributed by atoms with van der Waals surface area (Å²) in [7, 11) is 1.55. The number of morpholine rings is 1. The molecule has 1 amide bonds. The van der Waals surface area contributed by atoms with Crippen LogP contribution in [0.1, 0.15) is 35.6 Å². The maximum absolute atomic E-state index is 13.4. The number of piperidine rings is 1. The van der Waals surface area contributed by atoms with Crippen molar-refractivity contribution < 1.29 is 24.1 Å². The molecule has 35 heavy (non-hydrogen) atoms. The Hall–Kier alpha value is -3.42. The smallest absolute Gasteiger partial charge is 0.410 e. The maximum Gasteiger partial charge on any atom is 0.410 e. The Labute approximate surface area is 204 Å². The second-order valence-electron chi connectivity index (χ2n) is 9.56. The molecule has 7 heteroatoms. The minimum atomic E-state index is -1.16. The number of hydrogen-bond acceptors (Lipinski definition) is 6. The van der Waals surface area contributed by atoms with Gasteiger partial charge in [-0.1, -0.05) is 54.6 Å². The van der Waals surface area contributed by atoms with Gasteiger partial charge in [0.15, 0.2) is 0 Å². The molecule has 2 fully saturated rings. The van der Waals surface area contributed by atoms with Crippen LogP contribution in [0.2, 0.25) is 0 Å². The number of rotatable bonds is 4. The zero-order valence-electron chi connectivity index (χ0n) is 19.6. The lowest BCUT2D eigenvalue weighted by Gasteiger charge is -2.50. The first-order valence-electron chi connectivity index (χ1n) is 12.0. The predicted octanol–water partition coefficient (Wildman–Crippen LogP) is 4.09. The first kappa shape index (κ1) is 22.1. The van der Waals surface area contributed by atoms with Gasteiger partial charge in [-0.25, -0.2) is 9.78 Å². The van der Waals surface area contributed by atoms with Crippen molar-refractivity contribution in [2.24, 2.45) is 0 Å². The van der Waals surface area contributed by atoms with Gasteiger partial charge in [-0.15, -0.1) is 0 Å². The van der Waals surface area contributed by atoms with E-state index in [1.54, 1.807) is 18.1 Å². The maximum atomic E-state index is 13.4. The molecule has 6 rings (SSSR count). The van der Waals surface area contributed by atoms with Crippen molar-refractivity contribution in [1.29, 1.82) is 0 Å². The summed E-state index contributed by atoms with van der Waals surface area (Å²) in [5, 5.41) is 11.5. The van der Waals surface area contributed by atoms with Gasteiger partial charge in [-0.3, -0.25) is 4.90 Å². The minimum Gasteiger partial charge on any atom is -0.481 e. The molecular weight excluding hydrogens is 444 g/mol. The van der Waals surface area contributed by atoms with E-state index in [1.165, 1.54) is 22.3 Å². The first-order valence-corrected chi connectivity index (χ1v) is 12.0. The summed E-state index contributed by atoms with van der Waals surface area (Å²) in [6.07, 6.45) is 0.299. The normalized spacial score (nSPS) is 25.0. The molecule has 0 spiro atoms. The fourth-order valence-corrected chi connectivity index (χ4v) is 5.94. The van der Waals surface area contributed by atoms with E-state index in [0.29, 0.717) is 37.6 Å². The first-order chi connectivity index (χ1) is 17.1. The van der Waals surface area contributed by atoms with Crippen molar-refractivity contribution in [2.45, 2.75) is 36.4 Å². The number of hydrogen-bond donors (Lipinski definition) is 1. The Balaban J connectivity index is 1.20. The third-order valence-corrected chi connectivity index (χ3v) is 7.51. The summed E-state index contributed by atoms with van der Waals surface area (Å²) in [6, 6.07) is 21.4. The largest absolute Gasteiger partial charge is 0.481 e. The molecule has 1 N–H and O–H groups in total. The molecule has 2 aliphatic heterocycles. The van der Waals surface area contributed by atoms with Crippen LogP contribution in [0.4, 0.5) is 4.79 Å². The van der Waals surface area contributed by atoms with E-state index in [0.717, 1.165) is 0 Å². The summed E-state index contributed by atoms with van der Waals surface area (Å²) >= 11 is 0. The van der Waals surface area contributed by atoms with Gasteiger partial charge < -0.3 is 19.3 Å². The van der Waals surface area contributed by atoms with Crippen molar-refractivity contribution in [3.05, 3.63) is 83.6 Å². The molecule has 2 unspecified atom stereocenters. The fourth-order valence-electron chi connectivity index (χ4n) is 5.94. The van der Waals surface area contributed by atoms with Crippen LogP contribution in [-0.2, 0) is 15.1 Å². The number of fused-ring (bicyclic) bond motifs is 5. The fraction of sp³-hybridized carbons (Fsp3) is 0.357. The molecule has 3 heterocycles. The second kappa shape index (κ2) is 8.66. The highest BCUT2D eigenvalue weighted by Gasteiger charge is 2.50. The van der Waals surface area contributed by atoms with Crippen LogP contribution < -0.4 is 4.74 Å². The number of carbonyl (C=O) groups excluding carboxylic acids is 1. The van der Waals surface area contributed by atoms with E-state index in [9.17, 15) is 9.90 Å². The van der Waals surface area contributed by atoms with Gasteiger partial charge in [0.2, 0.25) is 5.88 Å². The summed E-state index contributed by atoms with van der Waals surface area (Å²) in [6.45, 7) is 0.977. The van der Waals surface area contributed by atoms with Gasteiger partial charge >= 0.3 is 6.09 Å². The second-order valence-corrected chi connectivity index (χ2v) is 9.56. The average molecular weight is 473 g/mol. The van der Waals surface area contributed by atoms with Crippen molar-refractivity contribution in [3.63, 3.8) is 0 Å². The lowest BCUT2D eigenvalue weighted by atomic mass is 9.79. The van der Waals surface area contributed by atoms with Crippen LogP contribution in [0.15, 0.2) is 66.7 Å². The van der Waals surface area contributed by atoms with Gasteiger partial charge in [-0.2, -0.15) is 0 Å².